The fourth-order valence-corrected chi connectivity index (χ4v) is 1.73. The molecule has 0 aliphatic heterocycles. The number of hydrogen-bond donors (Lipinski definition) is 2. The van der Waals surface area contributed by atoms with Crippen molar-refractivity contribution in [2.75, 3.05) is 13.1 Å². The number of azide groups is 1. The van der Waals surface area contributed by atoms with Gasteiger partial charge in [-0.25, -0.2) is 22.4 Å². The number of nitrogens with zero attached hydrogens (tertiary/aromatic N) is 3. The Morgan fingerprint density at radius 2 is 1.68 bits per heavy atom. The smallest absolute Gasteiger partial charge is 0.407 e. The van der Waals surface area contributed by atoms with Crippen molar-refractivity contribution in [1.82, 2.24) is 10.6 Å². The lowest BCUT2D eigenvalue weighted by molar-refractivity contribution is 0.0528. The fraction of sp³-hybridized carbons (Fsp3) is 0.500. The van der Waals surface area contributed by atoms with Crippen LogP contribution >= 0.6 is 0 Å². The lowest BCUT2D eigenvalue weighted by atomic mass is 10.1. The van der Waals surface area contributed by atoms with Gasteiger partial charge in [0.15, 0.2) is 23.3 Å². The van der Waals surface area contributed by atoms with Crippen LogP contribution in [-0.2, 0) is 11.3 Å². The number of nitrogens with one attached hydrogen (secondary N) is 2. The molecule has 0 aromatic heterocycles. The van der Waals surface area contributed by atoms with E-state index in [0.29, 0.717) is 0 Å². The van der Waals surface area contributed by atoms with E-state index in [4.69, 9.17) is 10.3 Å². The van der Waals surface area contributed by atoms with Crippen LogP contribution in [0.2, 0.25) is 0 Å². The standard InChI is InChI=1S/C14H17F4N5O2/c1-14(2,3)25-13(24)21-5-4-20-6-7-8(15)10(17)12(22-23-19)11(18)9(7)16/h20H,4-6H2,1-3H3,(H,21,24). The summed E-state index contributed by atoms with van der Waals surface area (Å²) in [6.45, 7) is 4.61. The number of benzene rings is 1. The Bertz CT molecular complexity index is 670. The number of alkyl carbamates (subject to hydrolysis) is 1. The number of halogens is 4. The van der Waals surface area contributed by atoms with Crippen LogP contribution in [0.4, 0.5) is 28.0 Å². The van der Waals surface area contributed by atoms with Gasteiger partial charge in [0.25, 0.3) is 0 Å². The van der Waals surface area contributed by atoms with Crippen molar-refractivity contribution in [3.05, 3.63) is 39.3 Å². The van der Waals surface area contributed by atoms with E-state index in [9.17, 15) is 22.4 Å². The number of rotatable bonds is 6. The molecule has 1 aromatic rings. The summed E-state index contributed by atoms with van der Waals surface area (Å²) in [5, 5.41) is 7.50. The molecule has 0 aliphatic rings. The second-order valence-electron chi connectivity index (χ2n) is 5.88. The summed E-state index contributed by atoms with van der Waals surface area (Å²) in [5.41, 5.74) is 5.23. The molecule has 1 aromatic carbocycles. The Hall–Kier alpha value is -2.52. The maximum absolute atomic E-state index is 13.8. The molecule has 2 N–H and O–H groups in total. The molecule has 0 heterocycles. The van der Waals surface area contributed by atoms with Gasteiger partial charge in [-0.1, -0.05) is 5.11 Å². The third-order valence-corrected chi connectivity index (χ3v) is 2.75. The van der Waals surface area contributed by atoms with Gasteiger partial charge in [-0.15, -0.1) is 0 Å². The van der Waals surface area contributed by atoms with Gasteiger partial charge < -0.3 is 15.4 Å². The Morgan fingerprint density at radius 1 is 1.12 bits per heavy atom. The third kappa shape index (κ3) is 5.80. The van der Waals surface area contributed by atoms with Crippen molar-refractivity contribution < 1.29 is 27.1 Å². The van der Waals surface area contributed by atoms with Crippen molar-refractivity contribution >= 4 is 11.8 Å². The van der Waals surface area contributed by atoms with Crippen LogP contribution in [0.3, 0.4) is 0 Å². The zero-order valence-electron chi connectivity index (χ0n) is 13.8. The Kier molecular flexibility index (Phi) is 7.01. The molecule has 0 radical (unpaired) electrons. The van der Waals surface area contributed by atoms with Crippen LogP contribution in [0.25, 0.3) is 10.4 Å². The summed E-state index contributed by atoms with van der Waals surface area (Å²) in [5.74, 6) is -6.87. The molecule has 0 fully saturated rings. The molecule has 0 aliphatic carbocycles. The zero-order chi connectivity index (χ0) is 19.2. The molecule has 138 valence electrons. The predicted molar refractivity (Wildman–Crippen MR) is 81.0 cm³/mol. The van der Waals surface area contributed by atoms with Gasteiger partial charge in [-0.3, -0.25) is 0 Å². The van der Waals surface area contributed by atoms with Crippen LogP contribution in [-0.4, -0.2) is 24.8 Å². The van der Waals surface area contributed by atoms with E-state index < -0.39 is 52.8 Å². The first-order valence-corrected chi connectivity index (χ1v) is 7.16. The quantitative estimate of drug-likeness (QED) is 0.201. The molecule has 0 saturated carbocycles. The van der Waals surface area contributed by atoms with Crippen molar-refractivity contribution in [2.45, 2.75) is 32.9 Å². The number of hydrogen-bond acceptors (Lipinski definition) is 4. The largest absolute Gasteiger partial charge is 0.444 e. The van der Waals surface area contributed by atoms with Crippen LogP contribution < -0.4 is 10.6 Å². The highest BCUT2D eigenvalue weighted by atomic mass is 19.2. The Morgan fingerprint density at radius 3 is 2.16 bits per heavy atom. The van der Waals surface area contributed by atoms with Crippen LogP contribution in [0, 0.1) is 23.3 Å². The molecule has 0 unspecified atom stereocenters. The lowest BCUT2D eigenvalue weighted by Crippen LogP contribution is -2.36. The molecule has 0 bridgehead atoms. The van der Waals surface area contributed by atoms with Crippen molar-refractivity contribution in [2.24, 2.45) is 5.11 Å². The molecular weight excluding hydrogens is 346 g/mol. The topological polar surface area (TPSA) is 99.1 Å². The monoisotopic (exact) mass is 363 g/mol. The van der Waals surface area contributed by atoms with Crippen LogP contribution in [0.5, 0.6) is 0 Å². The van der Waals surface area contributed by atoms with E-state index in [-0.39, 0.29) is 13.1 Å². The first-order chi connectivity index (χ1) is 11.6. The fourth-order valence-electron chi connectivity index (χ4n) is 1.73. The van der Waals surface area contributed by atoms with Gasteiger partial charge in [0.1, 0.15) is 11.3 Å². The minimum absolute atomic E-state index is 0.0550. The predicted octanol–water partition coefficient (Wildman–Crippen LogP) is 3.80. The van der Waals surface area contributed by atoms with Crippen molar-refractivity contribution in [3.8, 4) is 0 Å². The minimum atomic E-state index is -1.78. The SMILES string of the molecule is CC(C)(C)OC(=O)NCCNCc1c(F)c(F)c(N=[N+]=[N-])c(F)c1F. The van der Waals surface area contributed by atoms with Gasteiger partial charge in [-0.2, -0.15) is 0 Å². The second kappa shape index (κ2) is 8.54. The van der Waals surface area contributed by atoms with Crippen LogP contribution in [0.15, 0.2) is 5.11 Å². The van der Waals surface area contributed by atoms with E-state index in [0.717, 1.165) is 0 Å². The van der Waals surface area contributed by atoms with Crippen molar-refractivity contribution in [3.63, 3.8) is 0 Å². The minimum Gasteiger partial charge on any atom is -0.444 e. The summed E-state index contributed by atoms with van der Waals surface area (Å²) in [4.78, 5) is 13.5. The maximum Gasteiger partial charge on any atom is 0.407 e. The number of amides is 1. The first kappa shape index (κ1) is 20.5. The molecular formula is C14H17F4N5O2. The molecule has 0 saturated heterocycles. The lowest BCUT2D eigenvalue weighted by Gasteiger charge is -2.19. The molecule has 7 nitrogen and oxygen atoms in total. The Labute approximate surface area is 141 Å². The van der Waals surface area contributed by atoms with Crippen LogP contribution in [0.1, 0.15) is 26.3 Å². The molecule has 11 heteroatoms. The van der Waals surface area contributed by atoms with Gasteiger partial charge in [0.2, 0.25) is 0 Å². The average molecular weight is 363 g/mol. The van der Waals surface area contributed by atoms with E-state index in [1.165, 1.54) is 0 Å². The van der Waals surface area contributed by atoms with E-state index >= 15 is 0 Å². The maximum atomic E-state index is 13.8. The summed E-state index contributed by atoms with van der Waals surface area (Å²) < 4.78 is 59.6. The summed E-state index contributed by atoms with van der Waals surface area (Å²) in [6.07, 6.45) is -0.678. The third-order valence-electron chi connectivity index (χ3n) is 2.75. The highest BCUT2D eigenvalue weighted by Gasteiger charge is 2.24. The number of ether oxygens (including phenoxy) is 1. The van der Waals surface area contributed by atoms with Gasteiger partial charge in [0, 0.05) is 30.1 Å². The molecule has 1 amide bonds. The summed E-state index contributed by atoms with van der Waals surface area (Å²) >= 11 is 0. The van der Waals surface area contributed by atoms with Gasteiger partial charge in [0.05, 0.1) is 0 Å². The Balaban J connectivity index is 2.64. The first-order valence-electron chi connectivity index (χ1n) is 7.16. The van der Waals surface area contributed by atoms with E-state index in [1.54, 1.807) is 20.8 Å². The molecule has 1 rings (SSSR count). The normalized spacial score (nSPS) is 11.0. The second-order valence-corrected chi connectivity index (χ2v) is 5.88. The summed E-state index contributed by atoms with van der Waals surface area (Å²) in [6, 6.07) is 0. The molecule has 0 atom stereocenters. The number of carbonyl (C=O) groups excluding carboxylic acids is 1. The summed E-state index contributed by atoms with van der Waals surface area (Å²) in [7, 11) is 0. The molecule has 25 heavy (non-hydrogen) atoms. The highest BCUT2D eigenvalue weighted by molar-refractivity contribution is 5.67. The molecule has 0 spiro atoms. The van der Waals surface area contributed by atoms with Gasteiger partial charge >= 0.3 is 6.09 Å². The van der Waals surface area contributed by atoms with Crippen molar-refractivity contribution in [1.29, 1.82) is 0 Å². The number of carbonyl (C=O) groups is 1. The highest BCUT2D eigenvalue weighted by Crippen LogP contribution is 2.30. The average Bonchev–Trinajstić information content (AvgIpc) is 2.50. The van der Waals surface area contributed by atoms with E-state index in [2.05, 4.69) is 20.7 Å². The van der Waals surface area contributed by atoms with E-state index in [1.807, 2.05) is 0 Å². The zero-order valence-corrected chi connectivity index (χ0v) is 13.8. The van der Waals surface area contributed by atoms with Gasteiger partial charge in [-0.05, 0) is 26.3 Å².